The van der Waals surface area contributed by atoms with Gasteiger partial charge in [0, 0.05) is 23.8 Å². The van der Waals surface area contributed by atoms with Crippen LogP contribution in [0.5, 0.6) is 0 Å². The van der Waals surface area contributed by atoms with E-state index in [4.69, 9.17) is 11.6 Å². The van der Waals surface area contributed by atoms with E-state index >= 15 is 0 Å². The fourth-order valence-corrected chi connectivity index (χ4v) is 5.26. The molecule has 0 aromatic heterocycles. The van der Waals surface area contributed by atoms with Crippen molar-refractivity contribution in [1.82, 2.24) is 0 Å². The second-order valence-corrected chi connectivity index (χ2v) is 8.81. The Balaban J connectivity index is 0.00000225. The summed E-state index contributed by atoms with van der Waals surface area (Å²) in [6.45, 7) is 8.16. The van der Waals surface area contributed by atoms with Crippen LogP contribution in [0.2, 0.25) is 5.02 Å². The Hall–Kier alpha value is -0.0500. The lowest BCUT2D eigenvalue weighted by molar-refractivity contribution is -0.947. The van der Waals surface area contributed by atoms with Gasteiger partial charge in [-0.2, -0.15) is 0 Å². The van der Waals surface area contributed by atoms with Crippen LogP contribution in [0.1, 0.15) is 63.9 Å². The largest absolute Gasteiger partial charge is 1.00 e. The van der Waals surface area contributed by atoms with Crippen molar-refractivity contribution in [1.29, 1.82) is 0 Å². The summed E-state index contributed by atoms with van der Waals surface area (Å²) >= 11 is 6.01. The van der Waals surface area contributed by atoms with Gasteiger partial charge in [0.05, 0.1) is 26.2 Å². The summed E-state index contributed by atoms with van der Waals surface area (Å²) in [4.78, 5) is 0. The molecule has 25 heavy (non-hydrogen) atoms. The molecule has 0 amide bonds. The number of quaternary nitrogens is 1. The van der Waals surface area contributed by atoms with Crippen molar-refractivity contribution in [2.24, 2.45) is 11.8 Å². The van der Waals surface area contributed by atoms with Crippen molar-refractivity contribution in [2.45, 2.75) is 64.7 Å². The smallest absolute Gasteiger partial charge is 0.0818 e. The molecule has 0 saturated carbocycles. The van der Waals surface area contributed by atoms with Crippen molar-refractivity contribution in [3.63, 3.8) is 0 Å². The molecule has 3 heterocycles. The molecule has 1 aromatic rings. The molecule has 2 bridgehead atoms. The van der Waals surface area contributed by atoms with Gasteiger partial charge < -0.3 is 21.5 Å². The number of piperidine rings is 3. The second kappa shape index (κ2) is 10.3. The third-order valence-corrected chi connectivity index (χ3v) is 6.94. The fraction of sp³-hybridized carbons (Fsp3) is 0.727. The highest BCUT2D eigenvalue weighted by molar-refractivity contribution is 6.30. The first-order valence-corrected chi connectivity index (χ1v) is 10.7. The lowest BCUT2D eigenvalue weighted by atomic mass is 9.74. The van der Waals surface area contributed by atoms with E-state index in [0.29, 0.717) is 0 Å². The van der Waals surface area contributed by atoms with Crippen LogP contribution in [0, 0.1) is 11.8 Å². The van der Waals surface area contributed by atoms with E-state index in [1.165, 1.54) is 94.0 Å². The van der Waals surface area contributed by atoms with Crippen LogP contribution in [-0.4, -0.2) is 30.7 Å². The van der Waals surface area contributed by atoms with E-state index in [1.54, 1.807) is 0 Å². The molecule has 1 atom stereocenters. The van der Waals surface area contributed by atoms with E-state index in [-0.39, 0.29) is 17.0 Å². The van der Waals surface area contributed by atoms with E-state index in [1.807, 2.05) is 12.1 Å². The van der Waals surface area contributed by atoms with Crippen LogP contribution in [0.25, 0.3) is 0 Å². The minimum Gasteiger partial charge on any atom is -1.00 e. The van der Waals surface area contributed by atoms with Crippen LogP contribution in [0.15, 0.2) is 24.3 Å². The van der Waals surface area contributed by atoms with Gasteiger partial charge in [-0.05, 0) is 49.3 Å². The Bertz CT molecular complexity index is 493. The minimum absolute atomic E-state index is 0. The van der Waals surface area contributed by atoms with Gasteiger partial charge >= 0.3 is 0 Å². The van der Waals surface area contributed by atoms with E-state index < -0.39 is 0 Å². The number of hydrogen-bond donors (Lipinski definition) is 0. The zero-order valence-electron chi connectivity index (χ0n) is 15.9. The molecule has 3 aliphatic rings. The lowest BCUT2D eigenvalue weighted by Gasteiger charge is -2.53. The van der Waals surface area contributed by atoms with Crippen LogP contribution in [0.4, 0.5) is 0 Å². The Morgan fingerprint density at radius 1 is 1.00 bits per heavy atom. The molecule has 0 aliphatic carbocycles. The molecule has 3 aliphatic heterocycles. The molecule has 142 valence electrons. The van der Waals surface area contributed by atoms with Crippen LogP contribution < -0.4 is 17.0 Å². The van der Waals surface area contributed by atoms with Gasteiger partial charge in [0.15, 0.2) is 0 Å². The maximum Gasteiger partial charge on any atom is 0.0818 e. The van der Waals surface area contributed by atoms with Crippen molar-refractivity contribution < 1.29 is 21.5 Å². The Kier molecular flexibility index (Phi) is 8.78. The standard InChI is InChI=1S/C22H35ClN.BrH/c1-2-3-4-5-6-15-24-16-13-20(14-17-24)21(18-24)10-7-19-8-11-22(23)12-9-19;/h8-9,11-12,20-21H,2-7,10,13-18H2,1H3;1H/q+1;/p-1. The first-order valence-electron chi connectivity index (χ1n) is 10.3. The Morgan fingerprint density at radius 3 is 2.36 bits per heavy atom. The maximum absolute atomic E-state index is 6.01. The molecular formula is C22H35BrClN. The van der Waals surface area contributed by atoms with E-state index in [0.717, 1.165) is 16.9 Å². The number of halogens is 2. The molecule has 1 nitrogen and oxygen atoms in total. The molecule has 0 N–H and O–H groups in total. The van der Waals surface area contributed by atoms with Gasteiger partial charge in [-0.25, -0.2) is 0 Å². The van der Waals surface area contributed by atoms with Gasteiger partial charge in [0.2, 0.25) is 0 Å². The van der Waals surface area contributed by atoms with Gasteiger partial charge in [-0.15, -0.1) is 0 Å². The van der Waals surface area contributed by atoms with Crippen molar-refractivity contribution in [2.75, 3.05) is 26.2 Å². The minimum atomic E-state index is 0. The number of fused-ring (bicyclic) bond motifs is 3. The Morgan fingerprint density at radius 2 is 1.68 bits per heavy atom. The number of rotatable bonds is 9. The zero-order chi connectivity index (χ0) is 16.8. The SMILES string of the molecule is CCCCCCC[N+]12CCC(CC1)C(CCc1ccc(Cl)cc1)C2.[Br-]. The topological polar surface area (TPSA) is 0 Å². The van der Waals surface area contributed by atoms with Gasteiger partial charge in [-0.1, -0.05) is 49.9 Å². The molecule has 1 unspecified atom stereocenters. The quantitative estimate of drug-likeness (QED) is 0.419. The molecule has 4 rings (SSSR count). The highest BCUT2D eigenvalue weighted by atomic mass is 79.9. The molecule has 3 saturated heterocycles. The molecule has 3 fully saturated rings. The number of nitrogens with zero attached hydrogens (tertiary/aromatic N) is 1. The maximum atomic E-state index is 6.01. The number of hydrogen-bond acceptors (Lipinski definition) is 0. The average Bonchev–Trinajstić information content (AvgIpc) is 2.62. The summed E-state index contributed by atoms with van der Waals surface area (Å²) in [5.41, 5.74) is 1.46. The second-order valence-electron chi connectivity index (χ2n) is 8.37. The normalized spacial score (nSPS) is 27.9. The highest BCUT2D eigenvalue weighted by Crippen LogP contribution is 2.40. The summed E-state index contributed by atoms with van der Waals surface area (Å²) < 4.78 is 1.45. The summed E-state index contributed by atoms with van der Waals surface area (Å²) in [5.74, 6) is 1.97. The van der Waals surface area contributed by atoms with E-state index in [9.17, 15) is 0 Å². The molecule has 0 spiro atoms. The van der Waals surface area contributed by atoms with Gasteiger partial charge in [0.1, 0.15) is 0 Å². The van der Waals surface area contributed by atoms with Crippen molar-refractivity contribution in [3.05, 3.63) is 34.9 Å². The first kappa shape index (κ1) is 21.3. The Labute approximate surface area is 170 Å². The predicted octanol–water partition coefficient (Wildman–Crippen LogP) is 3.10. The van der Waals surface area contributed by atoms with Gasteiger partial charge in [0.25, 0.3) is 0 Å². The summed E-state index contributed by atoms with van der Waals surface area (Å²) in [6.07, 6.45) is 12.7. The molecule has 1 aromatic carbocycles. The summed E-state index contributed by atoms with van der Waals surface area (Å²) in [7, 11) is 0. The van der Waals surface area contributed by atoms with E-state index in [2.05, 4.69) is 19.1 Å². The van der Waals surface area contributed by atoms with Crippen LogP contribution in [-0.2, 0) is 6.42 Å². The molecule has 3 heteroatoms. The third-order valence-electron chi connectivity index (χ3n) is 6.69. The average molecular weight is 429 g/mol. The summed E-state index contributed by atoms with van der Waals surface area (Å²) in [5, 5.41) is 0.856. The van der Waals surface area contributed by atoms with Crippen LogP contribution in [0.3, 0.4) is 0 Å². The lowest BCUT2D eigenvalue weighted by Crippen LogP contribution is -3.00. The highest BCUT2D eigenvalue weighted by Gasteiger charge is 2.44. The summed E-state index contributed by atoms with van der Waals surface area (Å²) in [6, 6.07) is 8.50. The monoisotopic (exact) mass is 427 g/mol. The number of aryl methyl sites for hydroxylation is 1. The van der Waals surface area contributed by atoms with Crippen LogP contribution >= 0.6 is 11.6 Å². The van der Waals surface area contributed by atoms with Crippen molar-refractivity contribution >= 4 is 11.6 Å². The molecular weight excluding hydrogens is 394 g/mol. The number of benzene rings is 1. The zero-order valence-corrected chi connectivity index (χ0v) is 18.2. The number of unbranched alkanes of at least 4 members (excludes halogenated alkanes) is 4. The third kappa shape index (κ3) is 5.97. The van der Waals surface area contributed by atoms with Gasteiger partial charge in [-0.3, -0.25) is 0 Å². The fourth-order valence-electron chi connectivity index (χ4n) is 5.13. The predicted molar refractivity (Wildman–Crippen MR) is 104 cm³/mol. The molecule has 0 radical (unpaired) electrons. The first-order chi connectivity index (χ1) is 11.7. The van der Waals surface area contributed by atoms with Crippen molar-refractivity contribution in [3.8, 4) is 0 Å².